The molecule has 0 atom stereocenters. The summed E-state index contributed by atoms with van der Waals surface area (Å²) in [5.41, 5.74) is -3.44. The second-order valence-corrected chi connectivity index (χ2v) is 5.55. The Hall–Kier alpha value is -0.400. The smallest absolute Gasteiger partial charge is 0.344 e. The van der Waals surface area contributed by atoms with Gasteiger partial charge in [0.1, 0.15) is 5.82 Å². The molecule has 1 rings (SSSR count). The Labute approximate surface area is 119 Å². The minimum atomic E-state index is -4.17. The van der Waals surface area contributed by atoms with Gasteiger partial charge in [0.2, 0.25) is 0 Å². The summed E-state index contributed by atoms with van der Waals surface area (Å²) in [5.74, 6) is 0.811. The second kappa shape index (κ2) is 8.01. The van der Waals surface area contributed by atoms with Crippen molar-refractivity contribution >= 4 is 23.4 Å². The van der Waals surface area contributed by atoms with E-state index in [0.29, 0.717) is 11.7 Å². The third-order valence-corrected chi connectivity index (χ3v) is 3.44. The Morgan fingerprint density at radius 2 is 2.16 bits per heavy atom. The highest BCUT2D eigenvalue weighted by Gasteiger charge is 2.27. The van der Waals surface area contributed by atoms with Crippen LogP contribution in [0.15, 0.2) is 0 Å². The second-order valence-electron chi connectivity index (χ2n) is 4.03. The molecule has 0 bridgehead atoms. The minimum Gasteiger partial charge on any atom is -0.344 e. The molecule has 0 aliphatic rings. The molecule has 0 spiro atoms. The topological polar surface area (TPSA) is 40.7 Å². The minimum absolute atomic E-state index is 0.0159. The number of aromatic amines is 1. The van der Waals surface area contributed by atoms with Gasteiger partial charge < -0.3 is 10.3 Å². The molecule has 0 aliphatic heterocycles. The third kappa shape index (κ3) is 7.08. The number of imidazole rings is 1. The average molecular weight is 316 g/mol. The summed E-state index contributed by atoms with van der Waals surface area (Å²) in [7, 11) is 0. The SMILES string of the molecule is CCCCc1nc(Cl)c(CNCCSC(F)(F)F)[nH]1. The number of thioether (sulfide) groups is 1. The molecule has 1 aromatic heterocycles. The van der Waals surface area contributed by atoms with E-state index in [2.05, 4.69) is 22.2 Å². The predicted molar refractivity (Wildman–Crippen MR) is 72.4 cm³/mol. The molecule has 0 radical (unpaired) electrons. The molecule has 2 N–H and O–H groups in total. The lowest BCUT2D eigenvalue weighted by Gasteiger charge is -2.06. The van der Waals surface area contributed by atoms with Crippen LogP contribution in [0, 0.1) is 0 Å². The first-order valence-corrected chi connectivity index (χ1v) is 7.43. The lowest BCUT2D eigenvalue weighted by Crippen LogP contribution is -2.18. The molecule has 3 nitrogen and oxygen atoms in total. The molecule has 0 unspecified atom stereocenters. The molecule has 0 aliphatic carbocycles. The number of alkyl halides is 3. The van der Waals surface area contributed by atoms with Crippen LogP contribution in [0.3, 0.4) is 0 Å². The Kier molecular flexibility index (Phi) is 7.02. The van der Waals surface area contributed by atoms with Crippen molar-refractivity contribution in [2.24, 2.45) is 0 Å². The van der Waals surface area contributed by atoms with Crippen molar-refractivity contribution in [2.45, 2.75) is 38.2 Å². The number of hydrogen-bond acceptors (Lipinski definition) is 3. The Morgan fingerprint density at radius 3 is 2.79 bits per heavy atom. The van der Waals surface area contributed by atoms with E-state index in [1.807, 2.05) is 0 Å². The number of nitrogens with zero attached hydrogens (tertiary/aromatic N) is 1. The quantitative estimate of drug-likeness (QED) is 0.718. The number of rotatable bonds is 8. The van der Waals surface area contributed by atoms with Gasteiger partial charge in [0.05, 0.1) is 5.69 Å². The van der Waals surface area contributed by atoms with Crippen molar-refractivity contribution < 1.29 is 13.2 Å². The maximum atomic E-state index is 11.9. The van der Waals surface area contributed by atoms with Crippen LogP contribution in [0.1, 0.15) is 31.3 Å². The third-order valence-electron chi connectivity index (χ3n) is 2.39. The molecule has 0 fully saturated rings. The summed E-state index contributed by atoms with van der Waals surface area (Å²) in [6.45, 7) is 2.76. The summed E-state index contributed by atoms with van der Waals surface area (Å²) >= 11 is 5.91. The highest BCUT2D eigenvalue weighted by molar-refractivity contribution is 8.00. The molecule has 110 valence electrons. The summed E-state index contributed by atoms with van der Waals surface area (Å²) in [5, 5.41) is 3.30. The van der Waals surface area contributed by atoms with Gasteiger partial charge in [-0.15, -0.1) is 0 Å². The van der Waals surface area contributed by atoms with Crippen molar-refractivity contribution in [2.75, 3.05) is 12.3 Å². The van der Waals surface area contributed by atoms with Gasteiger partial charge in [-0.05, 0) is 18.2 Å². The lowest BCUT2D eigenvalue weighted by molar-refractivity contribution is -0.0327. The van der Waals surface area contributed by atoms with Crippen molar-refractivity contribution in [3.05, 3.63) is 16.7 Å². The van der Waals surface area contributed by atoms with E-state index in [-0.39, 0.29) is 24.1 Å². The van der Waals surface area contributed by atoms with Crippen molar-refractivity contribution in [1.82, 2.24) is 15.3 Å². The van der Waals surface area contributed by atoms with Crippen LogP contribution in [-0.2, 0) is 13.0 Å². The van der Waals surface area contributed by atoms with E-state index in [0.717, 1.165) is 30.8 Å². The van der Waals surface area contributed by atoms with Gasteiger partial charge in [0.25, 0.3) is 0 Å². The van der Waals surface area contributed by atoms with E-state index in [1.54, 1.807) is 0 Å². The van der Waals surface area contributed by atoms with Crippen LogP contribution >= 0.6 is 23.4 Å². The van der Waals surface area contributed by atoms with Crippen LogP contribution in [0.4, 0.5) is 13.2 Å². The fourth-order valence-corrected chi connectivity index (χ4v) is 2.17. The van der Waals surface area contributed by atoms with Gasteiger partial charge in [0.15, 0.2) is 5.15 Å². The van der Waals surface area contributed by atoms with E-state index in [4.69, 9.17) is 11.6 Å². The molecule has 19 heavy (non-hydrogen) atoms. The highest BCUT2D eigenvalue weighted by Crippen LogP contribution is 2.29. The van der Waals surface area contributed by atoms with Gasteiger partial charge in [-0.3, -0.25) is 0 Å². The number of hydrogen-bond donors (Lipinski definition) is 2. The number of aromatic nitrogens is 2. The molecular weight excluding hydrogens is 299 g/mol. The lowest BCUT2D eigenvalue weighted by atomic mass is 10.2. The van der Waals surface area contributed by atoms with Gasteiger partial charge in [-0.1, -0.05) is 24.9 Å². The molecule has 1 heterocycles. The van der Waals surface area contributed by atoms with E-state index in [1.165, 1.54) is 0 Å². The Morgan fingerprint density at radius 1 is 1.42 bits per heavy atom. The maximum Gasteiger partial charge on any atom is 0.441 e. The zero-order valence-electron chi connectivity index (χ0n) is 10.6. The molecule has 0 aromatic carbocycles. The van der Waals surface area contributed by atoms with Gasteiger partial charge in [-0.2, -0.15) is 13.2 Å². The molecule has 0 saturated heterocycles. The number of halogens is 4. The monoisotopic (exact) mass is 315 g/mol. The number of aryl methyl sites for hydroxylation is 1. The fraction of sp³-hybridized carbons (Fsp3) is 0.727. The predicted octanol–water partition coefficient (Wildman–Crippen LogP) is 3.75. The Bertz CT molecular complexity index is 382. The molecule has 0 saturated carbocycles. The number of nitrogens with one attached hydrogen (secondary N) is 2. The summed E-state index contributed by atoms with van der Waals surface area (Å²) < 4.78 is 35.7. The largest absolute Gasteiger partial charge is 0.441 e. The molecule has 8 heteroatoms. The molecular formula is C11H17ClF3N3S. The van der Waals surface area contributed by atoms with Gasteiger partial charge in [0, 0.05) is 25.3 Å². The standard InChI is InChI=1S/C11H17ClF3N3S/c1-2-3-4-9-17-8(10(12)18-9)7-16-5-6-19-11(13,14)15/h16H,2-7H2,1H3,(H,17,18). The molecule has 1 aromatic rings. The summed E-state index contributed by atoms with van der Waals surface area (Å²) in [6, 6.07) is 0. The number of H-pyrrole nitrogens is 1. The summed E-state index contributed by atoms with van der Waals surface area (Å²) in [4.78, 5) is 7.26. The molecule has 0 amide bonds. The summed E-state index contributed by atoms with van der Waals surface area (Å²) in [6.07, 6.45) is 2.93. The first-order chi connectivity index (χ1) is 8.92. The van der Waals surface area contributed by atoms with E-state index in [9.17, 15) is 13.2 Å². The van der Waals surface area contributed by atoms with Crippen molar-refractivity contribution in [1.29, 1.82) is 0 Å². The van der Waals surface area contributed by atoms with Crippen LogP contribution in [0.2, 0.25) is 5.15 Å². The van der Waals surface area contributed by atoms with Crippen LogP contribution < -0.4 is 5.32 Å². The van der Waals surface area contributed by atoms with Crippen LogP contribution in [0.25, 0.3) is 0 Å². The average Bonchev–Trinajstić information content (AvgIpc) is 2.66. The maximum absolute atomic E-state index is 11.9. The zero-order chi connectivity index (χ0) is 14.3. The van der Waals surface area contributed by atoms with E-state index < -0.39 is 5.51 Å². The van der Waals surface area contributed by atoms with Gasteiger partial charge in [-0.25, -0.2) is 4.98 Å². The van der Waals surface area contributed by atoms with Crippen LogP contribution in [-0.4, -0.2) is 27.8 Å². The zero-order valence-corrected chi connectivity index (χ0v) is 12.2. The first-order valence-electron chi connectivity index (χ1n) is 6.07. The Balaban J connectivity index is 2.27. The van der Waals surface area contributed by atoms with Crippen molar-refractivity contribution in [3.8, 4) is 0 Å². The van der Waals surface area contributed by atoms with Gasteiger partial charge >= 0.3 is 5.51 Å². The van der Waals surface area contributed by atoms with Crippen LogP contribution in [0.5, 0.6) is 0 Å². The first kappa shape index (κ1) is 16.7. The normalized spacial score (nSPS) is 12.1. The van der Waals surface area contributed by atoms with E-state index >= 15 is 0 Å². The fourth-order valence-electron chi connectivity index (χ4n) is 1.47. The van der Waals surface area contributed by atoms with Crippen molar-refractivity contribution in [3.63, 3.8) is 0 Å². The number of unbranched alkanes of at least 4 members (excludes halogenated alkanes) is 1. The highest BCUT2D eigenvalue weighted by atomic mass is 35.5.